The zero-order valence-electron chi connectivity index (χ0n) is 10.2. The first-order valence-corrected chi connectivity index (χ1v) is 6.47. The molecule has 0 fully saturated rings. The molecular formula is C14H14BrNO2. The molecule has 1 heterocycles. The maximum absolute atomic E-state index is 12.1. The molecule has 1 atom stereocenters. The van der Waals surface area contributed by atoms with Gasteiger partial charge in [0.05, 0.1) is 17.9 Å². The zero-order valence-corrected chi connectivity index (χ0v) is 11.8. The predicted octanol–water partition coefficient (Wildman–Crippen LogP) is 3.84. The van der Waals surface area contributed by atoms with E-state index in [1.165, 1.54) is 0 Å². The molecule has 18 heavy (non-hydrogen) atoms. The molecule has 1 aromatic carbocycles. The first-order valence-electron chi connectivity index (χ1n) is 5.68. The second-order valence-corrected chi connectivity index (χ2v) is 5.05. The van der Waals surface area contributed by atoms with E-state index in [2.05, 4.69) is 21.2 Å². The summed E-state index contributed by atoms with van der Waals surface area (Å²) < 4.78 is 6.05. The largest absolute Gasteiger partial charge is 0.467 e. The Hall–Kier alpha value is -1.55. The average molecular weight is 308 g/mol. The predicted molar refractivity (Wildman–Crippen MR) is 73.5 cm³/mol. The van der Waals surface area contributed by atoms with Crippen LogP contribution in [-0.4, -0.2) is 5.91 Å². The van der Waals surface area contributed by atoms with E-state index in [9.17, 15) is 4.79 Å². The summed E-state index contributed by atoms with van der Waals surface area (Å²) in [6.07, 6.45) is 1.60. The van der Waals surface area contributed by atoms with Gasteiger partial charge in [0.2, 0.25) is 0 Å². The summed E-state index contributed by atoms with van der Waals surface area (Å²) in [6, 6.07) is 9.18. The number of halogens is 1. The topological polar surface area (TPSA) is 42.2 Å². The van der Waals surface area contributed by atoms with Gasteiger partial charge in [0, 0.05) is 4.47 Å². The quantitative estimate of drug-likeness (QED) is 0.936. The van der Waals surface area contributed by atoms with Crippen molar-refractivity contribution in [3.8, 4) is 0 Å². The molecule has 3 nitrogen and oxygen atoms in total. The van der Waals surface area contributed by atoms with Crippen LogP contribution in [0, 0.1) is 6.92 Å². The molecular weight excluding hydrogens is 294 g/mol. The number of aryl methyl sites for hydroxylation is 1. The fourth-order valence-corrected chi connectivity index (χ4v) is 2.12. The van der Waals surface area contributed by atoms with Crippen molar-refractivity contribution < 1.29 is 9.21 Å². The van der Waals surface area contributed by atoms with Gasteiger partial charge in [0.1, 0.15) is 5.76 Å². The number of rotatable bonds is 3. The summed E-state index contributed by atoms with van der Waals surface area (Å²) in [5.74, 6) is 0.626. The summed E-state index contributed by atoms with van der Waals surface area (Å²) in [7, 11) is 0. The van der Waals surface area contributed by atoms with Crippen LogP contribution in [0.15, 0.2) is 45.5 Å². The summed E-state index contributed by atoms with van der Waals surface area (Å²) >= 11 is 3.39. The third kappa shape index (κ3) is 2.82. The second kappa shape index (κ2) is 5.40. The van der Waals surface area contributed by atoms with Crippen molar-refractivity contribution in [1.29, 1.82) is 0 Å². The third-order valence-corrected chi connectivity index (χ3v) is 3.38. The van der Waals surface area contributed by atoms with Gasteiger partial charge in [-0.05, 0) is 54.0 Å². The van der Waals surface area contributed by atoms with Gasteiger partial charge in [-0.3, -0.25) is 4.79 Å². The molecule has 1 unspecified atom stereocenters. The summed E-state index contributed by atoms with van der Waals surface area (Å²) in [4.78, 5) is 12.1. The van der Waals surface area contributed by atoms with E-state index in [0.717, 1.165) is 15.8 Å². The standard InChI is InChI=1S/C14H14BrNO2/c1-9-5-6-12(15)11(8-9)14(17)16-10(2)13-4-3-7-18-13/h3-8,10H,1-2H3,(H,16,17). The Kier molecular flexibility index (Phi) is 3.87. The van der Waals surface area contributed by atoms with Gasteiger partial charge in [-0.1, -0.05) is 11.6 Å². The molecule has 2 aromatic rings. The zero-order chi connectivity index (χ0) is 13.1. The highest BCUT2D eigenvalue weighted by Crippen LogP contribution is 2.20. The van der Waals surface area contributed by atoms with Crippen LogP contribution in [0.2, 0.25) is 0 Å². The molecule has 4 heteroatoms. The van der Waals surface area contributed by atoms with Gasteiger partial charge < -0.3 is 9.73 Å². The van der Waals surface area contributed by atoms with Crippen LogP contribution in [0.3, 0.4) is 0 Å². The molecule has 0 radical (unpaired) electrons. The summed E-state index contributed by atoms with van der Waals surface area (Å²) in [5.41, 5.74) is 1.68. The molecule has 0 aliphatic carbocycles. The highest BCUT2D eigenvalue weighted by molar-refractivity contribution is 9.10. The Morgan fingerprint density at radius 1 is 1.39 bits per heavy atom. The van der Waals surface area contributed by atoms with Crippen LogP contribution in [0.25, 0.3) is 0 Å². The summed E-state index contributed by atoms with van der Waals surface area (Å²) in [5, 5.41) is 2.90. The average Bonchev–Trinajstić information content (AvgIpc) is 2.85. The highest BCUT2D eigenvalue weighted by Gasteiger charge is 2.15. The van der Waals surface area contributed by atoms with Crippen LogP contribution in [0.1, 0.15) is 34.6 Å². The molecule has 0 bridgehead atoms. The van der Waals surface area contributed by atoms with E-state index in [1.54, 1.807) is 12.3 Å². The second-order valence-electron chi connectivity index (χ2n) is 4.19. The Morgan fingerprint density at radius 2 is 2.17 bits per heavy atom. The number of hydrogen-bond acceptors (Lipinski definition) is 2. The Labute approximate surface area is 114 Å². The van der Waals surface area contributed by atoms with E-state index < -0.39 is 0 Å². The number of benzene rings is 1. The molecule has 0 saturated heterocycles. The van der Waals surface area contributed by atoms with Gasteiger partial charge >= 0.3 is 0 Å². The SMILES string of the molecule is Cc1ccc(Br)c(C(=O)NC(C)c2ccco2)c1. The van der Waals surface area contributed by atoms with Crippen LogP contribution in [0.4, 0.5) is 0 Å². The van der Waals surface area contributed by atoms with Gasteiger partial charge in [0.15, 0.2) is 0 Å². The lowest BCUT2D eigenvalue weighted by atomic mass is 10.1. The molecule has 0 spiro atoms. The maximum atomic E-state index is 12.1. The molecule has 94 valence electrons. The van der Waals surface area contributed by atoms with Gasteiger partial charge in [-0.2, -0.15) is 0 Å². The van der Waals surface area contributed by atoms with E-state index >= 15 is 0 Å². The minimum atomic E-state index is -0.153. The Balaban J connectivity index is 2.15. The van der Waals surface area contributed by atoms with Crippen LogP contribution < -0.4 is 5.32 Å². The van der Waals surface area contributed by atoms with Crippen molar-refractivity contribution >= 4 is 21.8 Å². The van der Waals surface area contributed by atoms with Crippen LogP contribution >= 0.6 is 15.9 Å². The van der Waals surface area contributed by atoms with Crippen molar-refractivity contribution in [2.24, 2.45) is 0 Å². The number of carbonyl (C=O) groups excluding carboxylic acids is 1. The smallest absolute Gasteiger partial charge is 0.253 e. The Bertz CT molecular complexity index is 549. The molecule has 0 saturated carbocycles. The summed E-state index contributed by atoms with van der Waals surface area (Å²) in [6.45, 7) is 3.85. The normalized spacial score (nSPS) is 12.2. The fraction of sp³-hybridized carbons (Fsp3) is 0.214. The molecule has 2 rings (SSSR count). The van der Waals surface area contributed by atoms with E-state index in [1.807, 2.05) is 38.1 Å². The lowest BCUT2D eigenvalue weighted by molar-refractivity contribution is 0.0934. The molecule has 0 aliphatic heterocycles. The van der Waals surface area contributed by atoms with Crippen molar-refractivity contribution in [3.05, 3.63) is 58.0 Å². The van der Waals surface area contributed by atoms with Crippen molar-refractivity contribution in [3.63, 3.8) is 0 Å². The van der Waals surface area contributed by atoms with E-state index in [0.29, 0.717) is 5.56 Å². The van der Waals surface area contributed by atoms with Crippen LogP contribution in [-0.2, 0) is 0 Å². The van der Waals surface area contributed by atoms with Gasteiger partial charge in [-0.15, -0.1) is 0 Å². The first kappa shape index (κ1) is 12.9. The number of amides is 1. The number of furan rings is 1. The van der Waals surface area contributed by atoms with Crippen molar-refractivity contribution in [1.82, 2.24) is 5.32 Å². The van der Waals surface area contributed by atoms with Gasteiger partial charge in [0.25, 0.3) is 5.91 Å². The fourth-order valence-electron chi connectivity index (χ4n) is 1.70. The molecule has 1 N–H and O–H groups in total. The van der Waals surface area contributed by atoms with Gasteiger partial charge in [-0.25, -0.2) is 0 Å². The number of nitrogens with one attached hydrogen (secondary N) is 1. The lowest BCUT2D eigenvalue weighted by Crippen LogP contribution is -2.26. The maximum Gasteiger partial charge on any atom is 0.253 e. The van der Waals surface area contributed by atoms with Crippen LogP contribution in [0.5, 0.6) is 0 Å². The van der Waals surface area contributed by atoms with Crippen molar-refractivity contribution in [2.45, 2.75) is 19.9 Å². The van der Waals surface area contributed by atoms with Crippen molar-refractivity contribution in [2.75, 3.05) is 0 Å². The van der Waals surface area contributed by atoms with E-state index in [4.69, 9.17) is 4.42 Å². The number of hydrogen-bond donors (Lipinski definition) is 1. The third-order valence-electron chi connectivity index (χ3n) is 2.68. The minimum Gasteiger partial charge on any atom is -0.467 e. The lowest BCUT2D eigenvalue weighted by Gasteiger charge is -2.12. The molecule has 0 aliphatic rings. The number of carbonyl (C=O) groups is 1. The molecule has 1 amide bonds. The Morgan fingerprint density at radius 3 is 2.83 bits per heavy atom. The highest BCUT2D eigenvalue weighted by atomic mass is 79.9. The monoisotopic (exact) mass is 307 g/mol. The minimum absolute atomic E-state index is 0.116. The first-order chi connectivity index (χ1) is 8.58. The molecule has 1 aromatic heterocycles. The van der Waals surface area contributed by atoms with E-state index in [-0.39, 0.29) is 11.9 Å².